The normalized spacial score (nSPS) is 11.7. The zero-order chi connectivity index (χ0) is 55.4. The molecule has 0 aliphatic heterocycles. The summed E-state index contributed by atoms with van der Waals surface area (Å²) in [7, 11) is 2.05. The Morgan fingerprint density at radius 3 is 1.63 bits per heavy atom. The van der Waals surface area contributed by atoms with Gasteiger partial charge in [0, 0.05) is 79.9 Å². The number of hydrogen-bond donors (Lipinski definition) is 0. The first-order chi connectivity index (χ1) is 38.4. The van der Waals surface area contributed by atoms with Gasteiger partial charge >= 0.3 is 0 Å². The number of fused-ring (bicyclic) bond motifs is 4. The molecule has 10 aromatic rings. The Kier molecular flexibility index (Phi) is 19.2. The lowest BCUT2D eigenvalue weighted by Gasteiger charge is -2.22. The van der Waals surface area contributed by atoms with Gasteiger partial charge in [-0.3, -0.25) is 9.59 Å². The summed E-state index contributed by atoms with van der Waals surface area (Å²) in [6.07, 6.45) is 0.499. The number of hydrogen-bond acceptors (Lipinski definition) is 15. The van der Waals surface area contributed by atoms with Crippen molar-refractivity contribution in [3.05, 3.63) is 212 Å². The number of halogens is 4. The number of ketones is 2. The molecule has 0 spiro atoms. The number of thiazole rings is 2. The average molecular weight is 1190 g/mol. The van der Waals surface area contributed by atoms with E-state index in [1.165, 1.54) is 46.2 Å². The minimum atomic E-state index is -0.0920. The van der Waals surface area contributed by atoms with E-state index in [2.05, 4.69) is 60.1 Å². The smallest absolute Gasteiger partial charge is 0.231 e. The number of nitriles is 1. The van der Waals surface area contributed by atoms with E-state index in [0.29, 0.717) is 65.6 Å². The van der Waals surface area contributed by atoms with Gasteiger partial charge in [0.1, 0.15) is 0 Å². The van der Waals surface area contributed by atoms with Crippen LogP contribution in [0.1, 0.15) is 52.1 Å². The minimum Gasteiger partial charge on any atom is -0.375 e. The summed E-state index contributed by atoms with van der Waals surface area (Å²) >= 11 is 30.0. The summed E-state index contributed by atoms with van der Waals surface area (Å²) in [5.41, 5.74) is 7.23. The molecule has 1 aliphatic carbocycles. The fourth-order valence-electron chi connectivity index (χ4n) is 8.04. The molecule has 0 unspecified atom stereocenters. The molecule has 0 radical (unpaired) electrons. The van der Waals surface area contributed by atoms with E-state index in [-0.39, 0.29) is 11.6 Å². The number of anilines is 2. The SMILES string of the molecule is CCN(C)c1ccc(N=Nc2nc3cc(Cl)c(Cl)cc3s2)cc1.CCN(CCC#N)c1ccc(N=Nc2nc3ccc(Cl)c(Cl)c3s2)cc1.O=C1c2cccc(Sc3ccccc3)c2C(=O)c2c(Sc3ccccc3)cccc21. The van der Waals surface area contributed by atoms with E-state index in [4.69, 9.17) is 51.7 Å². The van der Waals surface area contributed by atoms with Gasteiger partial charge in [0.25, 0.3) is 0 Å². The zero-order valence-corrected chi connectivity index (χ0v) is 48.8. The number of azo groups is 2. The van der Waals surface area contributed by atoms with Crippen molar-refractivity contribution >= 4 is 158 Å². The first-order valence-corrected chi connectivity index (χ1v) is 29.4. The Balaban J connectivity index is 0.000000145. The molecule has 0 N–H and O–H groups in total. The van der Waals surface area contributed by atoms with Gasteiger partial charge in [-0.2, -0.15) is 5.26 Å². The van der Waals surface area contributed by atoms with Crippen LogP contribution in [0.15, 0.2) is 210 Å². The third-order valence-electron chi connectivity index (χ3n) is 12.2. The maximum atomic E-state index is 13.7. The molecule has 19 heteroatoms. The van der Waals surface area contributed by atoms with Crippen LogP contribution < -0.4 is 9.80 Å². The van der Waals surface area contributed by atoms with Crippen molar-refractivity contribution in [2.45, 2.75) is 39.9 Å². The number of nitrogens with zero attached hydrogens (tertiary/aromatic N) is 9. The summed E-state index contributed by atoms with van der Waals surface area (Å²) in [6, 6.07) is 55.7. The fourth-order valence-corrected chi connectivity index (χ4v) is 12.6. The third-order valence-corrected chi connectivity index (χ3v) is 17.8. The van der Waals surface area contributed by atoms with Crippen LogP contribution in [0.25, 0.3) is 20.4 Å². The number of aromatic nitrogens is 2. The Hall–Kier alpha value is -6.97. The van der Waals surface area contributed by atoms with Crippen LogP contribution in [0.2, 0.25) is 20.1 Å². The van der Waals surface area contributed by atoms with Crippen LogP contribution in [0.4, 0.5) is 33.0 Å². The summed E-state index contributed by atoms with van der Waals surface area (Å²) in [5.74, 6) is -0.178. The van der Waals surface area contributed by atoms with Crippen molar-refractivity contribution in [1.82, 2.24) is 9.97 Å². The van der Waals surface area contributed by atoms with E-state index in [0.717, 1.165) is 75.9 Å². The first-order valence-electron chi connectivity index (χ1n) is 24.6. The predicted molar refractivity (Wildman–Crippen MR) is 328 cm³/mol. The number of benzene rings is 8. The maximum absolute atomic E-state index is 13.7. The monoisotopic (exact) mass is 1190 g/mol. The van der Waals surface area contributed by atoms with Crippen LogP contribution in [0.3, 0.4) is 0 Å². The minimum absolute atomic E-state index is 0.0855. The molecule has 11 rings (SSSR count). The molecule has 0 atom stereocenters. The molecule has 0 amide bonds. The molecular formula is C60H45Cl4N9O2S4. The second kappa shape index (κ2) is 26.8. The number of rotatable bonds is 14. The van der Waals surface area contributed by atoms with Crippen molar-refractivity contribution in [2.75, 3.05) is 36.5 Å². The summed E-state index contributed by atoms with van der Waals surface area (Å²) < 4.78 is 1.74. The largest absolute Gasteiger partial charge is 0.375 e. The number of carbonyl (C=O) groups excluding carboxylic acids is 2. The van der Waals surface area contributed by atoms with Gasteiger partial charge in [-0.1, -0.05) is 153 Å². The lowest BCUT2D eigenvalue weighted by Crippen LogP contribution is -2.23. The Bertz CT molecular complexity index is 3780. The lowest BCUT2D eigenvalue weighted by molar-refractivity contribution is 0.0974. The van der Waals surface area contributed by atoms with Crippen LogP contribution >= 0.6 is 92.6 Å². The van der Waals surface area contributed by atoms with E-state index >= 15 is 0 Å². The molecule has 2 aromatic heterocycles. The summed E-state index contributed by atoms with van der Waals surface area (Å²) in [4.78, 5) is 43.8. The first kappa shape index (κ1) is 56.7. The maximum Gasteiger partial charge on any atom is 0.231 e. The third kappa shape index (κ3) is 13.9. The highest BCUT2D eigenvalue weighted by molar-refractivity contribution is 7.99. The van der Waals surface area contributed by atoms with Gasteiger partial charge in [-0.25, -0.2) is 9.97 Å². The topological polar surface area (TPSA) is 140 Å². The van der Waals surface area contributed by atoms with Gasteiger partial charge in [-0.15, -0.1) is 20.5 Å². The van der Waals surface area contributed by atoms with Gasteiger partial charge < -0.3 is 9.80 Å². The van der Waals surface area contributed by atoms with Gasteiger partial charge in [-0.05, 0) is 123 Å². The summed E-state index contributed by atoms with van der Waals surface area (Å²) in [5, 5.41) is 28.7. The molecule has 11 nitrogen and oxygen atoms in total. The van der Waals surface area contributed by atoms with Crippen molar-refractivity contribution in [3.8, 4) is 6.07 Å². The molecule has 2 heterocycles. The highest BCUT2D eigenvalue weighted by Crippen LogP contribution is 2.42. The fraction of sp³-hybridized carbons (Fsp3) is 0.117. The van der Waals surface area contributed by atoms with E-state index < -0.39 is 0 Å². The molecule has 0 saturated heterocycles. The van der Waals surface area contributed by atoms with E-state index in [1.54, 1.807) is 30.3 Å². The molecule has 79 heavy (non-hydrogen) atoms. The Labute approximate surface area is 493 Å². The van der Waals surface area contributed by atoms with Crippen molar-refractivity contribution in [3.63, 3.8) is 0 Å². The lowest BCUT2D eigenvalue weighted by atomic mass is 9.84. The van der Waals surface area contributed by atoms with Crippen molar-refractivity contribution < 1.29 is 9.59 Å². The second-order valence-electron chi connectivity index (χ2n) is 17.2. The molecule has 0 fully saturated rings. The van der Waals surface area contributed by atoms with Crippen LogP contribution in [-0.4, -0.2) is 48.2 Å². The van der Waals surface area contributed by atoms with Crippen molar-refractivity contribution in [2.24, 2.45) is 20.5 Å². The highest BCUT2D eigenvalue weighted by Gasteiger charge is 2.34. The molecule has 394 valence electrons. The van der Waals surface area contributed by atoms with Crippen LogP contribution in [-0.2, 0) is 0 Å². The summed E-state index contributed by atoms with van der Waals surface area (Å²) in [6.45, 7) is 6.69. The predicted octanol–water partition coefficient (Wildman–Crippen LogP) is 20.0. The molecule has 8 aromatic carbocycles. The van der Waals surface area contributed by atoms with Crippen molar-refractivity contribution in [1.29, 1.82) is 5.26 Å². The quantitative estimate of drug-likeness (QED) is 0.0974. The average Bonchev–Trinajstić information content (AvgIpc) is 4.24. The van der Waals surface area contributed by atoms with Crippen LogP contribution in [0.5, 0.6) is 0 Å². The standard InChI is InChI=1S/C26H16O2S2.C18H15Cl2N5S.C16H14Cl2N4S/c27-25-19-13-7-15-21(29-17-9-3-1-4-10-17)23(19)26(28)24-20(25)14-8-16-22(24)30-18-11-5-2-6-12-18;1-2-25(11-3-10-21)13-6-4-12(5-7-13)23-24-18-22-15-9-8-14(19)16(20)17(15)26-18;1-3-22(2)11-6-4-10(5-7-11)20-21-16-19-14-8-12(17)13(18)9-15(14)23-16/h1-16H;4-9H,2-3,11H2,1H3;4-9H,3H2,1-2H3. The highest BCUT2D eigenvalue weighted by atomic mass is 35.5. The van der Waals surface area contributed by atoms with Gasteiger partial charge in [0.15, 0.2) is 11.6 Å². The Morgan fingerprint density at radius 2 is 1.09 bits per heavy atom. The molecule has 0 bridgehead atoms. The van der Waals surface area contributed by atoms with Gasteiger partial charge in [0.05, 0.1) is 64.4 Å². The number of carbonyl (C=O) groups is 2. The van der Waals surface area contributed by atoms with E-state index in [1.807, 2.05) is 147 Å². The molecule has 0 saturated carbocycles. The van der Waals surface area contributed by atoms with Gasteiger partial charge in [0.2, 0.25) is 10.3 Å². The van der Waals surface area contributed by atoms with E-state index in [9.17, 15) is 9.59 Å². The molecule has 1 aliphatic rings. The Morgan fingerprint density at radius 1 is 0.557 bits per heavy atom. The molecular weight excluding hydrogens is 1150 g/mol. The zero-order valence-electron chi connectivity index (χ0n) is 42.5. The van der Waals surface area contributed by atoms with Crippen LogP contribution in [0, 0.1) is 11.3 Å². The second-order valence-corrected chi connectivity index (χ2v) is 23.0.